The first-order valence-corrected chi connectivity index (χ1v) is 11.8. The lowest BCUT2D eigenvalue weighted by atomic mass is 10.0. The standard InChI is InChI=1S/C26H22N4O3S/c1-33-19-11-7-8-17(14-19)15-27-22(31)16-34-26-28-21-13-6-5-12-20(21)24-29-25(32)23(30(24)26)18-9-3-2-4-10-18/h2-14,23H,15-16H2,1H3,(H,27,31). The first kappa shape index (κ1) is 21.9. The molecular formula is C26H22N4O3S. The Hall–Kier alpha value is -3.91. The number of methoxy groups -OCH3 is 1. The summed E-state index contributed by atoms with van der Waals surface area (Å²) in [5.74, 6) is 1.10. The fourth-order valence-corrected chi connectivity index (χ4v) is 4.81. The zero-order valence-corrected chi connectivity index (χ0v) is 19.3. The molecule has 3 aromatic carbocycles. The largest absolute Gasteiger partial charge is 0.497 e. The van der Waals surface area contributed by atoms with Gasteiger partial charge in [0.05, 0.1) is 18.6 Å². The lowest BCUT2D eigenvalue weighted by Gasteiger charge is -2.31. The van der Waals surface area contributed by atoms with Crippen LogP contribution in [0.2, 0.25) is 0 Å². The average Bonchev–Trinajstić information content (AvgIpc) is 3.24. The van der Waals surface area contributed by atoms with Crippen molar-refractivity contribution >= 4 is 40.3 Å². The maximum atomic E-state index is 13.0. The molecule has 0 radical (unpaired) electrons. The van der Waals surface area contributed by atoms with Crippen molar-refractivity contribution < 1.29 is 14.3 Å². The number of carbonyl (C=O) groups is 2. The molecule has 0 saturated carbocycles. The molecule has 5 rings (SSSR count). The molecular weight excluding hydrogens is 448 g/mol. The molecule has 0 aromatic heterocycles. The third kappa shape index (κ3) is 4.32. The number of ether oxygens (including phenoxy) is 1. The molecule has 170 valence electrons. The minimum Gasteiger partial charge on any atom is -0.497 e. The van der Waals surface area contributed by atoms with Gasteiger partial charge < -0.3 is 10.1 Å². The van der Waals surface area contributed by atoms with Gasteiger partial charge in [-0.15, -0.1) is 0 Å². The highest BCUT2D eigenvalue weighted by atomic mass is 32.2. The first-order valence-electron chi connectivity index (χ1n) is 10.8. The number of rotatable bonds is 6. The summed E-state index contributed by atoms with van der Waals surface area (Å²) in [6.45, 7) is 0.396. The van der Waals surface area contributed by atoms with Gasteiger partial charge in [-0.25, -0.2) is 4.99 Å². The number of hydrogen-bond acceptors (Lipinski definition) is 6. The van der Waals surface area contributed by atoms with Gasteiger partial charge in [-0.1, -0.05) is 66.4 Å². The van der Waals surface area contributed by atoms with Crippen LogP contribution < -0.4 is 10.1 Å². The summed E-state index contributed by atoms with van der Waals surface area (Å²) in [6, 6.07) is 24.1. The molecule has 1 atom stereocenters. The van der Waals surface area contributed by atoms with Crippen LogP contribution in [0.5, 0.6) is 5.75 Å². The van der Waals surface area contributed by atoms with Gasteiger partial charge >= 0.3 is 0 Å². The van der Waals surface area contributed by atoms with E-state index in [4.69, 9.17) is 9.73 Å². The molecule has 3 aromatic rings. The molecule has 2 aliphatic heterocycles. The third-order valence-corrected chi connectivity index (χ3v) is 6.53. The summed E-state index contributed by atoms with van der Waals surface area (Å²) in [5.41, 5.74) is 3.33. The lowest BCUT2D eigenvalue weighted by Crippen LogP contribution is -2.39. The Balaban J connectivity index is 1.35. The van der Waals surface area contributed by atoms with Crippen molar-refractivity contribution in [1.29, 1.82) is 0 Å². The van der Waals surface area contributed by atoms with Gasteiger partial charge in [0.2, 0.25) is 5.91 Å². The molecule has 0 bridgehead atoms. The zero-order chi connectivity index (χ0) is 23.5. The Morgan fingerprint density at radius 2 is 1.82 bits per heavy atom. The molecule has 7 nitrogen and oxygen atoms in total. The second-order valence-corrected chi connectivity index (χ2v) is 8.73. The number of carbonyl (C=O) groups excluding carboxylic acids is 2. The van der Waals surface area contributed by atoms with Crippen LogP contribution in [-0.4, -0.2) is 40.6 Å². The van der Waals surface area contributed by atoms with Crippen LogP contribution in [0.1, 0.15) is 22.7 Å². The van der Waals surface area contributed by atoms with E-state index in [0.29, 0.717) is 17.5 Å². The molecule has 0 saturated heterocycles. The van der Waals surface area contributed by atoms with Crippen LogP contribution in [0.3, 0.4) is 0 Å². The number of nitrogens with zero attached hydrogens (tertiary/aromatic N) is 3. The van der Waals surface area contributed by atoms with Crippen LogP contribution >= 0.6 is 11.8 Å². The quantitative estimate of drug-likeness (QED) is 0.587. The highest BCUT2D eigenvalue weighted by Gasteiger charge is 2.42. The van der Waals surface area contributed by atoms with Gasteiger partial charge in [0, 0.05) is 12.1 Å². The van der Waals surface area contributed by atoms with Crippen LogP contribution in [0, 0.1) is 0 Å². The maximum absolute atomic E-state index is 13.0. The predicted molar refractivity (Wildman–Crippen MR) is 133 cm³/mol. The monoisotopic (exact) mass is 470 g/mol. The Morgan fingerprint density at radius 3 is 2.65 bits per heavy atom. The number of amides is 2. The van der Waals surface area contributed by atoms with E-state index in [9.17, 15) is 9.59 Å². The summed E-state index contributed by atoms with van der Waals surface area (Å²) in [7, 11) is 1.61. The Bertz CT molecular complexity index is 1310. The van der Waals surface area contributed by atoms with Crippen molar-refractivity contribution in [3.8, 4) is 5.75 Å². The molecule has 8 heteroatoms. The van der Waals surface area contributed by atoms with E-state index in [0.717, 1.165) is 28.1 Å². The third-order valence-electron chi connectivity index (χ3n) is 5.58. The number of thioether (sulfide) groups is 1. The first-order chi connectivity index (χ1) is 16.6. The Kier molecular flexibility index (Phi) is 6.14. The molecule has 0 spiro atoms. The molecule has 1 unspecified atom stereocenters. The second-order valence-electron chi connectivity index (χ2n) is 7.79. The lowest BCUT2D eigenvalue weighted by molar-refractivity contribution is -0.120. The Morgan fingerprint density at radius 1 is 1.03 bits per heavy atom. The van der Waals surface area contributed by atoms with Gasteiger partial charge in [-0.05, 0) is 35.4 Å². The van der Waals surface area contributed by atoms with Crippen molar-refractivity contribution in [2.24, 2.45) is 9.98 Å². The highest BCUT2D eigenvalue weighted by molar-refractivity contribution is 8.14. The normalized spacial score (nSPS) is 16.3. The van der Waals surface area contributed by atoms with Gasteiger partial charge in [0.15, 0.2) is 5.17 Å². The number of para-hydroxylation sites is 1. The van der Waals surface area contributed by atoms with Crippen molar-refractivity contribution in [3.05, 3.63) is 95.6 Å². The van der Waals surface area contributed by atoms with Crippen LogP contribution in [-0.2, 0) is 16.1 Å². The zero-order valence-electron chi connectivity index (χ0n) is 18.5. The highest BCUT2D eigenvalue weighted by Crippen LogP contribution is 2.39. The summed E-state index contributed by atoms with van der Waals surface area (Å²) in [5, 5.41) is 3.51. The SMILES string of the molecule is COc1cccc(CNC(=O)CSC2=Nc3ccccc3C3=NC(=O)C(c4ccccc4)N23)c1. The number of hydrogen-bond donors (Lipinski definition) is 1. The summed E-state index contributed by atoms with van der Waals surface area (Å²) >= 11 is 1.29. The van der Waals surface area contributed by atoms with Crippen molar-refractivity contribution in [3.63, 3.8) is 0 Å². The van der Waals surface area contributed by atoms with Gasteiger partial charge in [0.25, 0.3) is 5.91 Å². The van der Waals surface area contributed by atoms with Gasteiger partial charge in [0.1, 0.15) is 17.6 Å². The van der Waals surface area contributed by atoms with Crippen LogP contribution in [0.15, 0.2) is 88.8 Å². The molecule has 2 aliphatic rings. The predicted octanol–water partition coefficient (Wildman–Crippen LogP) is 4.08. The van der Waals surface area contributed by atoms with Crippen molar-refractivity contribution in [2.45, 2.75) is 12.6 Å². The Labute approximate surface area is 201 Å². The average molecular weight is 471 g/mol. The van der Waals surface area contributed by atoms with E-state index < -0.39 is 6.04 Å². The number of fused-ring (bicyclic) bond motifs is 3. The minimum atomic E-state index is -0.601. The van der Waals surface area contributed by atoms with E-state index in [-0.39, 0.29) is 17.6 Å². The van der Waals surface area contributed by atoms with E-state index in [2.05, 4.69) is 10.3 Å². The van der Waals surface area contributed by atoms with Gasteiger partial charge in [-0.2, -0.15) is 4.99 Å². The van der Waals surface area contributed by atoms with Gasteiger partial charge in [-0.3, -0.25) is 14.5 Å². The molecule has 2 amide bonds. The number of benzene rings is 3. The molecule has 0 fully saturated rings. The van der Waals surface area contributed by atoms with Crippen LogP contribution in [0.25, 0.3) is 0 Å². The minimum absolute atomic E-state index is 0.130. The van der Waals surface area contributed by atoms with E-state index in [1.807, 2.05) is 83.8 Å². The number of nitrogens with one attached hydrogen (secondary N) is 1. The van der Waals surface area contributed by atoms with E-state index in [1.165, 1.54) is 11.8 Å². The fourth-order valence-electron chi connectivity index (χ4n) is 3.95. The van der Waals surface area contributed by atoms with Crippen molar-refractivity contribution in [1.82, 2.24) is 10.2 Å². The summed E-state index contributed by atoms with van der Waals surface area (Å²) < 4.78 is 5.24. The maximum Gasteiger partial charge on any atom is 0.275 e. The smallest absolute Gasteiger partial charge is 0.275 e. The topological polar surface area (TPSA) is 83.4 Å². The fraction of sp³-hybridized carbons (Fsp3) is 0.154. The summed E-state index contributed by atoms with van der Waals surface area (Å²) in [4.78, 5) is 36.6. The molecule has 2 heterocycles. The van der Waals surface area contributed by atoms with Crippen LogP contribution in [0.4, 0.5) is 5.69 Å². The molecule has 0 aliphatic carbocycles. The van der Waals surface area contributed by atoms with E-state index >= 15 is 0 Å². The molecule has 34 heavy (non-hydrogen) atoms. The molecule has 1 N–H and O–H groups in total. The summed E-state index contributed by atoms with van der Waals surface area (Å²) in [6.07, 6.45) is 0. The number of amidine groups is 2. The number of aliphatic imine (C=N–C) groups is 2. The van der Waals surface area contributed by atoms with Crippen molar-refractivity contribution in [2.75, 3.05) is 12.9 Å². The second kappa shape index (κ2) is 9.52. The van der Waals surface area contributed by atoms with E-state index in [1.54, 1.807) is 7.11 Å².